The van der Waals surface area contributed by atoms with Crippen molar-refractivity contribution >= 4 is 16.5 Å². The van der Waals surface area contributed by atoms with E-state index in [2.05, 4.69) is 76.9 Å². The van der Waals surface area contributed by atoms with Crippen LogP contribution < -0.4 is 5.32 Å². The van der Waals surface area contributed by atoms with Crippen LogP contribution >= 0.6 is 0 Å². The molecule has 3 aromatic rings. The van der Waals surface area contributed by atoms with Crippen molar-refractivity contribution in [3.8, 4) is 6.07 Å². The summed E-state index contributed by atoms with van der Waals surface area (Å²) in [5, 5.41) is 16.0. The molecule has 0 spiro atoms. The summed E-state index contributed by atoms with van der Waals surface area (Å²) in [4.78, 5) is 2.59. The number of para-hydroxylation sites is 1. The summed E-state index contributed by atoms with van der Waals surface area (Å²) in [5.41, 5.74) is 4.02. The van der Waals surface area contributed by atoms with E-state index in [1.807, 2.05) is 6.07 Å². The second-order valence-electron chi connectivity index (χ2n) is 7.70. The Labute approximate surface area is 160 Å². The Bertz CT molecular complexity index is 1000. The Morgan fingerprint density at radius 3 is 2.59 bits per heavy atom. The Morgan fingerprint density at radius 1 is 0.963 bits per heavy atom. The SMILES string of the molecule is N#CC1CCN(C2Cc3cccc4cccc2c34)C(Nc2ccccc2)C1. The molecule has 1 heterocycles. The first-order valence-corrected chi connectivity index (χ1v) is 9.81. The highest BCUT2D eigenvalue weighted by Crippen LogP contribution is 2.42. The Balaban J connectivity index is 1.50. The lowest BCUT2D eigenvalue weighted by molar-refractivity contribution is 0.0972. The monoisotopic (exact) mass is 353 g/mol. The van der Waals surface area contributed by atoms with Crippen LogP contribution in [0.2, 0.25) is 0 Å². The zero-order valence-corrected chi connectivity index (χ0v) is 15.3. The molecule has 3 heteroatoms. The molecule has 0 saturated carbocycles. The minimum Gasteiger partial charge on any atom is -0.370 e. The Morgan fingerprint density at radius 2 is 1.78 bits per heavy atom. The molecule has 0 aromatic heterocycles. The molecule has 1 saturated heterocycles. The third-order valence-electron chi connectivity index (χ3n) is 6.13. The summed E-state index contributed by atoms with van der Waals surface area (Å²) in [5.74, 6) is 0.127. The van der Waals surface area contributed by atoms with Crippen LogP contribution in [0, 0.1) is 17.2 Å². The number of likely N-dealkylation sites (tertiary alicyclic amines) is 1. The molecule has 3 aromatic carbocycles. The fraction of sp³-hybridized carbons (Fsp3) is 0.292. The molecule has 1 fully saturated rings. The van der Waals surface area contributed by atoms with Crippen molar-refractivity contribution < 1.29 is 0 Å². The predicted molar refractivity (Wildman–Crippen MR) is 109 cm³/mol. The number of hydrogen-bond donors (Lipinski definition) is 1. The molecule has 0 amide bonds. The van der Waals surface area contributed by atoms with Gasteiger partial charge in [-0.15, -0.1) is 0 Å². The smallest absolute Gasteiger partial charge is 0.0811 e. The number of anilines is 1. The molecule has 134 valence electrons. The van der Waals surface area contributed by atoms with Gasteiger partial charge >= 0.3 is 0 Å². The summed E-state index contributed by atoms with van der Waals surface area (Å²) in [7, 11) is 0. The third-order valence-corrected chi connectivity index (χ3v) is 6.13. The topological polar surface area (TPSA) is 39.1 Å². The maximum Gasteiger partial charge on any atom is 0.0811 e. The average molecular weight is 353 g/mol. The summed E-state index contributed by atoms with van der Waals surface area (Å²) in [6.07, 6.45) is 3.06. The van der Waals surface area contributed by atoms with Crippen LogP contribution in [0.3, 0.4) is 0 Å². The molecule has 27 heavy (non-hydrogen) atoms. The highest BCUT2D eigenvalue weighted by atomic mass is 15.3. The van der Waals surface area contributed by atoms with Gasteiger partial charge in [0, 0.05) is 18.3 Å². The van der Waals surface area contributed by atoms with Crippen LogP contribution in [-0.4, -0.2) is 17.6 Å². The van der Waals surface area contributed by atoms with E-state index in [0.717, 1.165) is 31.5 Å². The van der Waals surface area contributed by atoms with Crippen molar-refractivity contribution in [1.29, 1.82) is 5.26 Å². The van der Waals surface area contributed by atoms with Crippen LogP contribution in [0.1, 0.15) is 30.0 Å². The lowest BCUT2D eigenvalue weighted by atomic mass is 9.92. The number of hydrogen-bond acceptors (Lipinski definition) is 3. The van der Waals surface area contributed by atoms with Gasteiger partial charge in [0.25, 0.3) is 0 Å². The number of piperidine rings is 1. The van der Waals surface area contributed by atoms with Crippen LogP contribution in [0.25, 0.3) is 10.8 Å². The van der Waals surface area contributed by atoms with Gasteiger partial charge in [-0.2, -0.15) is 5.26 Å². The van der Waals surface area contributed by atoms with Gasteiger partial charge in [-0.25, -0.2) is 0 Å². The number of nitrogens with one attached hydrogen (secondary N) is 1. The summed E-state index contributed by atoms with van der Waals surface area (Å²) >= 11 is 0. The van der Waals surface area contributed by atoms with Crippen molar-refractivity contribution in [3.63, 3.8) is 0 Å². The molecular formula is C24H23N3. The molecule has 3 unspecified atom stereocenters. The van der Waals surface area contributed by atoms with Gasteiger partial charge < -0.3 is 5.32 Å². The first-order valence-electron chi connectivity index (χ1n) is 9.81. The van der Waals surface area contributed by atoms with Crippen molar-refractivity contribution in [3.05, 3.63) is 77.9 Å². The van der Waals surface area contributed by atoms with Crippen molar-refractivity contribution in [1.82, 2.24) is 4.90 Å². The Kier molecular flexibility index (Phi) is 4.07. The number of nitrogens with zero attached hydrogens (tertiary/aromatic N) is 2. The standard InChI is InChI=1S/C24H23N3/c25-16-17-12-13-27(23(14-17)26-20-9-2-1-3-10-20)22-15-19-8-4-6-18-7-5-11-21(22)24(18)19/h1-11,17,22-23,26H,12-15H2. The lowest BCUT2D eigenvalue weighted by Gasteiger charge is -2.42. The van der Waals surface area contributed by atoms with Crippen LogP contribution in [0.5, 0.6) is 0 Å². The number of nitriles is 1. The fourth-order valence-electron chi connectivity index (χ4n) is 4.85. The normalized spacial score (nSPS) is 24.6. The third kappa shape index (κ3) is 2.87. The van der Waals surface area contributed by atoms with Crippen LogP contribution in [0.15, 0.2) is 66.7 Å². The molecular weight excluding hydrogens is 330 g/mol. The highest BCUT2D eigenvalue weighted by molar-refractivity contribution is 5.91. The van der Waals surface area contributed by atoms with E-state index in [0.29, 0.717) is 6.04 Å². The number of rotatable bonds is 3. The number of benzene rings is 3. The van der Waals surface area contributed by atoms with E-state index in [1.165, 1.54) is 21.9 Å². The van der Waals surface area contributed by atoms with Gasteiger partial charge in [0.1, 0.15) is 0 Å². The first kappa shape index (κ1) is 16.4. The quantitative estimate of drug-likeness (QED) is 0.711. The zero-order valence-electron chi connectivity index (χ0n) is 15.3. The van der Waals surface area contributed by atoms with Crippen molar-refractivity contribution in [2.24, 2.45) is 5.92 Å². The second-order valence-corrected chi connectivity index (χ2v) is 7.70. The van der Waals surface area contributed by atoms with Crippen molar-refractivity contribution in [2.45, 2.75) is 31.5 Å². The predicted octanol–water partition coefficient (Wildman–Crippen LogP) is 5.11. The fourth-order valence-corrected chi connectivity index (χ4v) is 4.85. The van der Waals surface area contributed by atoms with Crippen molar-refractivity contribution in [2.75, 3.05) is 11.9 Å². The molecule has 1 aliphatic carbocycles. The maximum absolute atomic E-state index is 9.50. The molecule has 3 nitrogen and oxygen atoms in total. The van der Waals surface area contributed by atoms with Crippen LogP contribution in [0.4, 0.5) is 5.69 Å². The first-order chi connectivity index (χ1) is 13.3. The minimum absolute atomic E-state index is 0.127. The summed E-state index contributed by atoms with van der Waals surface area (Å²) in [6.45, 7) is 0.956. The van der Waals surface area contributed by atoms with Gasteiger partial charge in [0.15, 0.2) is 0 Å². The second kappa shape index (κ2) is 6.72. The van der Waals surface area contributed by atoms with Gasteiger partial charge in [-0.05, 0) is 53.3 Å². The molecule has 2 aliphatic rings. The van der Waals surface area contributed by atoms with Gasteiger partial charge in [-0.1, -0.05) is 54.6 Å². The summed E-state index contributed by atoms with van der Waals surface area (Å²) in [6, 6.07) is 26.6. The Hall–Kier alpha value is -2.83. The van der Waals surface area contributed by atoms with E-state index in [9.17, 15) is 5.26 Å². The van der Waals surface area contributed by atoms with E-state index in [1.54, 1.807) is 0 Å². The van der Waals surface area contributed by atoms with Gasteiger partial charge in [0.05, 0.1) is 18.2 Å². The molecule has 1 aliphatic heterocycles. The molecule has 3 atom stereocenters. The maximum atomic E-state index is 9.50. The zero-order chi connectivity index (χ0) is 18.2. The van der Waals surface area contributed by atoms with Crippen LogP contribution in [-0.2, 0) is 6.42 Å². The molecule has 1 N–H and O–H groups in total. The molecule has 0 bridgehead atoms. The molecule has 0 radical (unpaired) electrons. The van der Waals surface area contributed by atoms with E-state index < -0.39 is 0 Å². The highest BCUT2D eigenvalue weighted by Gasteiger charge is 2.37. The largest absolute Gasteiger partial charge is 0.370 e. The van der Waals surface area contributed by atoms with Gasteiger partial charge in [-0.3, -0.25) is 4.90 Å². The van der Waals surface area contributed by atoms with Gasteiger partial charge in [0.2, 0.25) is 0 Å². The van der Waals surface area contributed by atoms with E-state index in [-0.39, 0.29) is 12.1 Å². The molecule has 5 rings (SSSR count). The average Bonchev–Trinajstić information content (AvgIpc) is 3.09. The van der Waals surface area contributed by atoms with E-state index >= 15 is 0 Å². The van der Waals surface area contributed by atoms with E-state index in [4.69, 9.17) is 0 Å². The lowest BCUT2D eigenvalue weighted by Crippen LogP contribution is -2.48. The summed E-state index contributed by atoms with van der Waals surface area (Å²) < 4.78 is 0. The minimum atomic E-state index is 0.127.